The Kier molecular flexibility index (Phi) is 5.45. The minimum atomic E-state index is 0.735. The van der Waals surface area contributed by atoms with Gasteiger partial charge in [-0.2, -0.15) is 0 Å². The molecule has 0 bridgehead atoms. The van der Waals surface area contributed by atoms with Gasteiger partial charge in [-0.05, 0) is 42.2 Å². The van der Waals surface area contributed by atoms with Gasteiger partial charge in [0.2, 0.25) is 0 Å². The third-order valence-electron chi connectivity index (χ3n) is 4.20. The molecule has 1 aromatic carbocycles. The van der Waals surface area contributed by atoms with E-state index in [1.165, 1.54) is 43.2 Å². The second-order valence-corrected chi connectivity index (χ2v) is 6.76. The lowest BCUT2D eigenvalue weighted by Crippen LogP contribution is -2.33. The summed E-state index contributed by atoms with van der Waals surface area (Å²) in [6.07, 6.45) is 6.71. The lowest BCUT2D eigenvalue weighted by atomic mass is 9.87. The van der Waals surface area contributed by atoms with Crippen LogP contribution in [0.3, 0.4) is 0 Å². The Hall–Kier alpha value is -0.820. The molecule has 2 rings (SSSR count). The highest BCUT2D eigenvalue weighted by Gasteiger charge is 2.17. The fourth-order valence-electron chi connectivity index (χ4n) is 3.15. The highest BCUT2D eigenvalue weighted by atomic mass is 14.9. The second kappa shape index (κ2) is 7.09. The van der Waals surface area contributed by atoms with Gasteiger partial charge in [-0.1, -0.05) is 57.9 Å². The fraction of sp³-hybridized carbons (Fsp3) is 0.667. The Morgan fingerprint density at radius 1 is 1.11 bits per heavy atom. The van der Waals surface area contributed by atoms with Crippen molar-refractivity contribution in [3.05, 3.63) is 35.4 Å². The quantitative estimate of drug-likeness (QED) is 0.817. The van der Waals surface area contributed by atoms with E-state index in [1.54, 1.807) is 0 Å². The normalized spacial score (nSPS) is 23.8. The van der Waals surface area contributed by atoms with Crippen molar-refractivity contribution in [1.29, 1.82) is 0 Å². The molecule has 2 unspecified atom stereocenters. The summed E-state index contributed by atoms with van der Waals surface area (Å²) < 4.78 is 0. The van der Waals surface area contributed by atoms with Crippen LogP contribution in [0, 0.1) is 11.8 Å². The largest absolute Gasteiger partial charge is 0.310 e. The number of benzene rings is 1. The molecular formula is C18H29N. The Balaban J connectivity index is 1.79. The zero-order valence-corrected chi connectivity index (χ0v) is 12.8. The standard InChI is InChI=1S/C18H29N/c1-14(2)11-16-7-9-17(10-8-16)13-19-18-6-4-5-15(3)12-18/h7-10,14-15,18-19H,4-6,11-13H2,1-3H3. The van der Waals surface area contributed by atoms with Crippen LogP contribution in [0.15, 0.2) is 24.3 Å². The van der Waals surface area contributed by atoms with Crippen molar-refractivity contribution in [3.63, 3.8) is 0 Å². The van der Waals surface area contributed by atoms with Crippen molar-refractivity contribution in [2.24, 2.45) is 11.8 Å². The molecule has 0 radical (unpaired) electrons. The van der Waals surface area contributed by atoms with E-state index in [-0.39, 0.29) is 0 Å². The molecule has 1 aliphatic carbocycles. The maximum absolute atomic E-state index is 3.73. The maximum atomic E-state index is 3.73. The molecule has 1 nitrogen and oxygen atoms in total. The van der Waals surface area contributed by atoms with E-state index in [1.807, 2.05) is 0 Å². The minimum absolute atomic E-state index is 0.735. The third kappa shape index (κ3) is 4.99. The van der Waals surface area contributed by atoms with Gasteiger partial charge in [0.05, 0.1) is 0 Å². The van der Waals surface area contributed by atoms with Crippen LogP contribution < -0.4 is 5.32 Å². The molecule has 1 fully saturated rings. The lowest BCUT2D eigenvalue weighted by molar-refractivity contribution is 0.300. The van der Waals surface area contributed by atoms with Crippen LogP contribution in [0.25, 0.3) is 0 Å². The average molecular weight is 259 g/mol. The Labute approximate surface area is 118 Å². The highest BCUT2D eigenvalue weighted by Crippen LogP contribution is 2.23. The van der Waals surface area contributed by atoms with Gasteiger partial charge in [0.25, 0.3) is 0 Å². The fourth-order valence-corrected chi connectivity index (χ4v) is 3.15. The van der Waals surface area contributed by atoms with Crippen molar-refractivity contribution < 1.29 is 0 Å². The first-order valence-corrected chi connectivity index (χ1v) is 7.94. The molecule has 1 heteroatoms. The molecule has 19 heavy (non-hydrogen) atoms. The number of hydrogen-bond donors (Lipinski definition) is 1. The van der Waals surface area contributed by atoms with E-state index in [0.717, 1.165) is 24.4 Å². The van der Waals surface area contributed by atoms with Crippen LogP contribution in [0.2, 0.25) is 0 Å². The van der Waals surface area contributed by atoms with E-state index in [0.29, 0.717) is 0 Å². The molecular weight excluding hydrogens is 230 g/mol. The summed E-state index contributed by atoms with van der Waals surface area (Å²) in [6.45, 7) is 7.97. The Morgan fingerprint density at radius 3 is 2.42 bits per heavy atom. The second-order valence-electron chi connectivity index (χ2n) is 6.76. The molecule has 2 atom stereocenters. The monoisotopic (exact) mass is 259 g/mol. The van der Waals surface area contributed by atoms with Gasteiger partial charge in [-0.15, -0.1) is 0 Å². The van der Waals surface area contributed by atoms with Gasteiger partial charge in [-0.3, -0.25) is 0 Å². The Morgan fingerprint density at radius 2 is 1.79 bits per heavy atom. The van der Waals surface area contributed by atoms with Crippen LogP contribution in [-0.4, -0.2) is 6.04 Å². The smallest absolute Gasteiger partial charge is 0.0208 e. The van der Waals surface area contributed by atoms with Crippen LogP contribution in [0.5, 0.6) is 0 Å². The molecule has 0 heterocycles. The predicted molar refractivity (Wildman–Crippen MR) is 83.2 cm³/mol. The molecule has 0 amide bonds. The van der Waals surface area contributed by atoms with Crippen LogP contribution in [0.4, 0.5) is 0 Å². The van der Waals surface area contributed by atoms with Crippen molar-refractivity contribution >= 4 is 0 Å². The Bertz CT molecular complexity index is 366. The molecule has 1 aromatic rings. The van der Waals surface area contributed by atoms with E-state index >= 15 is 0 Å². The summed E-state index contributed by atoms with van der Waals surface area (Å²) in [6, 6.07) is 9.90. The number of rotatable bonds is 5. The topological polar surface area (TPSA) is 12.0 Å². The van der Waals surface area contributed by atoms with E-state index in [4.69, 9.17) is 0 Å². The van der Waals surface area contributed by atoms with E-state index in [9.17, 15) is 0 Å². The maximum Gasteiger partial charge on any atom is 0.0208 e. The molecule has 0 spiro atoms. The summed E-state index contributed by atoms with van der Waals surface area (Å²) in [5.74, 6) is 1.65. The SMILES string of the molecule is CC(C)Cc1ccc(CNC2CCCC(C)C2)cc1. The highest BCUT2D eigenvalue weighted by molar-refractivity contribution is 5.22. The van der Waals surface area contributed by atoms with Gasteiger partial charge in [-0.25, -0.2) is 0 Å². The van der Waals surface area contributed by atoms with Crippen molar-refractivity contribution in [2.45, 2.75) is 65.5 Å². The molecule has 1 N–H and O–H groups in total. The first-order chi connectivity index (χ1) is 9.13. The van der Waals surface area contributed by atoms with Gasteiger partial charge in [0.15, 0.2) is 0 Å². The molecule has 106 valence electrons. The zero-order chi connectivity index (χ0) is 13.7. The summed E-state index contributed by atoms with van der Waals surface area (Å²) >= 11 is 0. The summed E-state index contributed by atoms with van der Waals surface area (Å²) in [5.41, 5.74) is 2.88. The van der Waals surface area contributed by atoms with Gasteiger partial charge in [0.1, 0.15) is 0 Å². The van der Waals surface area contributed by atoms with Gasteiger partial charge < -0.3 is 5.32 Å². The first-order valence-electron chi connectivity index (χ1n) is 7.94. The van der Waals surface area contributed by atoms with Crippen LogP contribution in [0.1, 0.15) is 57.6 Å². The minimum Gasteiger partial charge on any atom is -0.310 e. The molecule has 0 aliphatic heterocycles. The van der Waals surface area contributed by atoms with Crippen LogP contribution >= 0.6 is 0 Å². The summed E-state index contributed by atoms with van der Waals surface area (Å²) in [4.78, 5) is 0. The molecule has 0 saturated heterocycles. The van der Waals surface area contributed by atoms with E-state index < -0.39 is 0 Å². The predicted octanol–water partition coefficient (Wildman–Crippen LogP) is 4.55. The molecule has 1 saturated carbocycles. The first kappa shape index (κ1) is 14.6. The van der Waals surface area contributed by atoms with Gasteiger partial charge in [0, 0.05) is 12.6 Å². The summed E-state index contributed by atoms with van der Waals surface area (Å²) in [7, 11) is 0. The van der Waals surface area contributed by atoms with Gasteiger partial charge >= 0.3 is 0 Å². The third-order valence-corrected chi connectivity index (χ3v) is 4.20. The van der Waals surface area contributed by atoms with Crippen LogP contribution in [-0.2, 0) is 13.0 Å². The number of hydrogen-bond acceptors (Lipinski definition) is 1. The van der Waals surface area contributed by atoms with E-state index in [2.05, 4.69) is 50.4 Å². The average Bonchev–Trinajstić information content (AvgIpc) is 2.37. The summed E-state index contributed by atoms with van der Waals surface area (Å²) in [5, 5.41) is 3.73. The van der Waals surface area contributed by atoms with Crippen molar-refractivity contribution in [2.75, 3.05) is 0 Å². The lowest BCUT2D eigenvalue weighted by Gasteiger charge is -2.27. The van der Waals surface area contributed by atoms with Crippen molar-refractivity contribution in [1.82, 2.24) is 5.32 Å². The zero-order valence-electron chi connectivity index (χ0n) is 12.8. The number of nitrogens with one attached hydrogen (secondary N) is 1. The van der Waals surface area contributed by atoms with Crippen molar-refractivity contribution in [3.8, 4) is 0 Å². The molecule has 0 aromatic heterocycles. The molecule has 1 aliphatic rings.